The highest BCUT2D eigenvalue weighted by atomic mass is 35.5. The van der Waals surface area contributed by atoms with Crippen molar-refractivity contribution in [2.75, 3.05) is 0 Å². The van der Waals surface area contributed by atoms with Gasteiger partial charge in [0, 0.05) is 25.2 Å². The SMILES string of the molecule is [2H]c1cccc2c1sc1ccc(Cl)cc12. The van der Waals surface area contributed by atoms with Crippen LogP contribution >= 0.6 is 22.9 Å². The van der Waals surface area contributed by atoms with Crippen molar-refractivity contribution < 1.29 is 1.37 Å². The van der Waals surface area contributed by atoms with Gasteiger partial charge in [-0.2, -0.15) is 0 Å². The lowest BCUT2D eigenvalue weighted by Crippen LogP contribution is -1.65. The minimum Gasteiger partial charge on any atom is -0.135 e. The fraction of sp³-hybridized carbons (Fsp3) is 0. The summed E-state index contributed by atoms with van der Waals surface area (Å²) < 4.78 is 10.1. The number of benzene rings is 2. The zero-order valence-corrected chi connectivity index (χ0v) is 8.82. The van der Waals surface area contributed by atoms with Crippen molar-refractivity contribution in [1.29, 1.82) is 0 Å². The summed E-state index contributed by atoms with van der Waals surface area (Å²) in [6, 6.07) is 12.2. The Bertz CT molecular complexity index is 657. The van der Waals surface area contributed by atoms with Gasteiger partial charge in [0.05, 0.1) is 1.37 Å². The molecule has 1 heterocycles. The first-order valence-electron chi connectivity index (χ1n) is 4.83. The standard InChI is InChI=1S/C12H7ClS/c13-8-5-6-12-10(7-8)9-3-1-2-4-11(9)14-12/h1-7H/i4D. The Hall–Kier alpha value is -1.05. The van der Waals surface area contributed by atoms with E-state index in [-0.39, 0.29) is 0 Å². The fourth-order valence-electron chi connectivity index (χ4n) is 1.63. The van der Waals surface area contributed by atoms with E-state index in [1.807, 2.05) is 36.4 Å². The van der Waals surface area contributed by atoms with Gasteiger partial charge in [0.1, 0.15) is 0 Å². The van der Waals surface area contributed by atoms with Gasteiger partial charge in [0.15, 0.2) is 0 Å². The number of halogens is 1. The highest BCUT2D eigenvalue weighted by Gasteiger charge is 2.03. The predicted molar refractivity (Wildman–Crippen MR) is 64.3 cm³/mol. The first kappa shape index (κ1) is 7.27. The average Bonchev–Trinajstić information content (AvgIpc) is 2.58. The first-order chi connectivity index (χ1) is 7.25. The van der Waals surface area contributed by atoms with Crippen molar-refractivity contribution in [1.82, 2.24) is 0 Å². The molecular weight excluding hydrogens is 212 g/mol. The Labute approximate surface area is 92.1 Å². The van der Waals surface area contributed by atoms with E-state index in [0.717, 1.165) is 20.5 Å². The third kappa shape index (κ3) is 1.13. The lowest BCUT2D eigenvalue weighted by Gasteiger charge is -1.91. The highest BCUT2D eigenvalue weighted by molar-refractivity contribution is 7.25. The van der Waals surface area contributed by atoms with E-state index in [4.69, 9.17) is 13.0 Å². The summed E-state index contributed by atoms with van der Waals surface area (Å²) in [7, 11) is 0. The Morgan fingerprint density at radius 3 is 2.93 bits per heavy atom. The second kappa shape index (κ2) is 2.97. The molecule has 0 atom stereocenters. The van der Waals surface area contributed by atoms with E-state index in [1.165, 1.54) is 4.70 Å². The third-order valence-corrected chi connectivity index (χ3v) is 3.61. The van der Waals surface area contributed by atoms with Gasteiger partial charge in [-0.15, -0.1) is 11.3 Å². The Balaban J connectivity index is 2.58. The molecule has 68 valence electrons. The van der Waals surface area contributed by atoms with Crippen LogP contribution in [0.25, 0.3) is 20.2 Å². The summed E-state index contributed by atoms with van der Waals surface area (Å²) in [4.78, 5) is 0. The van der Waals surface area contributed by atoms with Crippen molar-refractivity contribution in [2.45, 2.75) is 0 Å². The van der Waals surface area contributed by atoms with E-state index in [0.29, 0.717) is 6.04 Å². The van der Waals surface area contributed by atoms with Gasteiger partial charge < -0.3 is 0 Å². The van der Waals surface area contributed by atoms with Crippen LogP contribution in [0.2, 0.25) is 5.02 Å². The monoisotopic (exact) mass is 219 g/mol. The molecule has 1 aromatic heterocycles. The maximum absolute atomic E-state index is 7.83. The summed E-state index contributed by atoms with van der Waals surface area (Å²) in [6.07, 6.45) is 0. The summed E-state index contributed by atoms with van der Waals surface area (Å²) in [5, 5.41) is 3.03. The topological polar surface area (TPSA) is 0 Å². The number of hydrogen-bond acceptors (Lipinski definition) is 1. The molecule has 14 heavy (non-hydrogen) atoms. The number of hydrogen-bond donors (Lipinski definition) is 0. The lowest BCUT2D eigenvalue weighted by molar-refractivity contribution is 1.84. The van der Waals surface area contributed by atoms with Crippen LogP contribution in [0.15, 0.2) is 42.4 Å². The molecule has 0 aliphatic carbocycles. The van der Waals surface area contributed by atoms with Crippen LogP contribution in [0.1, 0.15) is 1.37 Å². The maximum Gasteiger partial charge on any atom is 0.0638 e. The zero-order valence-electron chi connectivity index (χ0n) is 8.25. The molecule has 0 N–H and O–H groups in total. The van der Waals surface area contributed by atoms with Gasteiger partial charge in [-0.3, -0.25) is 0 Å². The van der Waals surface area contributed by atoms with Gasteiger partial charge in [0.2, 0.25) is 0 Å². The van der Waals surface area contributed by atoms with Crippen molar-refractivity contribution >= 4 is 43.1 Å². The van der Waals surface area contributed by atoms with Crippen LogP contribution in [0.4, 0.5) is 0 Å². The van der Waals surface area contributed by atoms with Crippen molar-refractivity contribution in [3.05, 3.63) is 47.5 Å². The molecule has 0 radical (unpaired) electrons. The van der Waals surface area contributed by atoms with Crippen LogP contribution in [0.3, 0.4) is 0 Å². The quantitative estimate of drug-likeness (QED) is 0.514. The molecular formula is C12H7ClS. The zero-order chi connectivity index (χ0) is 10.4. The van der Waals surface area contributed by atoms with E-state index in [2.05, 4.69) is 0 Å². The Morgan fingerprint density at radius 2 is 2.00 bits per heavy atom. The summed E-state index contributed by atoms with van der Waals surface area (Å²) in [6.45, 7) is 0. The molecule has 0 nitrogen and oxygen atoms in total. The van der Waals surface area contributed by atoms with Gasteiger partial charge in [-0.05, 0) is 24.2 Å². The largest absolute Gasteiger partial charge is 0.135 e. The minimum atomic E-state index is 0.588. The van der Waals surface area contributed by atoms with E-state index < -0.39 is 0 Å². The van der Waals surface area contributed by atoms with Crippen LogP contribution in [-0.2, 0) is 0 Å². The predicted octanol–water partition coefficient (Wildman–Crippen LogP) is 4.71. The van der Waals surface area contributed by atoms with Crippen LogP contribution in [-0.4, -0.2) is 0 Å². The molecule has 3 rings (SSSR count). The van der Waals surface area contributed by atoms with Crippen LogP contribution < -0.4 is 0 Å². The smallest absolute Gasteiger partial charge is 0.0638 e. The fourth-order valence-corrected chi connectivity index (χ4v) is 2.85. The molecule has 0 aliphatic rings. The minimum absolute atomic E-state index is 0.588. The summed E-state index contributed by atoms with van der Waals surface area (Å²) >= 11 is 7.62. The number of thiophene rings is 1. The molecule has 0 bridgehead atoms. The summed E-state index contributed by atoms with van der Waals surface area (Å²) in [5.74, 6) is 0. The molecule has 0 saturated heterocycles. The van der Waals surface area contributed by atoms with Gasteiger partial charge >= 0.3 is 0 Å². The third-order valence-electron chi connectivity index (χ3n) is 2.26. The molecule has 0 unspecified atom stereocenters. The van der Waals surface area contributed by atoms with Crippen molar-refractivity contribution in [3.8, 4) is 0 Å². The maximum atomic E-state index is 7.83. The molecule has 0 saturated carbocycles. The van der Waals surface area contributed by atoms with E-state index in [9.17, 15) is 0 Å². The van der Waals surface area contributed by atoms with E-state index >= 15 is 0 Å². The second-order valence-electron chi connectivity index (χ2n) is 3.16. The molecule has 0 spiro atoms. The molecule has 2 heteroatoms. The normalized spacial score (nSPS) is 12.2. The molecule has 2 aromatic carbocycles. The highest BCUT2D eigenvalue weighted by Crippen LogP contribution is 2.34. The van der Waals surface area contributed by atoms with Crippen LogP contribution in [0, 0.1) is 0 Å². The molecule has 0 amide bonds. The van der Waals surface area contributed by atoms with E-state index in [1.54, 1.807) is 11.3 Å². The Kier molecular flexibility index (Phi) is 1.54. The molecule has 3 aromatic rings. The summed E-state index contributed by atoms with van der Waals surface area (Å²) in [5.41, 5.74) is 0. The molecule has 0 fully saturated rings. The molecule has 0 aliphatic heterocycles. The number of fused-ring (bicyclic) bond motifs is 3. The van der Waals surface area contributed by atoms with Crippen molar-refractivity contribution in [2.24, 2.45) is 0 Å². The van der Waals surface area contributed by atoms with Gasteiger partial charge in [-0.25, -0.2) is 0 Å². The van der Waals surface area contributed by atoms with Gasteiger partial charge in [0.25, 0.3) is 0 Å². The second-order valence-corrected chi connectivity index (χ2v) is 4.64. The van der Waals surface area contributed by atoms with Crippen LogP contribution in [0.5, 0.6) is 0 Å². The lowest BCUT2D eigenvalue weighted by atomic mass is 10.2. The Morgan fingerprint density at radius 1 is 1.07 bits per heavy atom. The van der Waals surface area contributed by atoms with Gasteiger partial charge in [-0.1, -0.05) is 29.8 Å². The van der Waals surface area contributed by atoms with Crippen molar-refractivity contribution in [3.63, 3.8) is 0 Å². The number of rotatable bonds is 0. The average molecular weight is 220 g/mol. The first-order valence-corrected chi connectivity index (χ1v) is 5.52.